The molecule has 0 bridgehead atoms. The molecule has 2 radical (unpaired) electrons. The Morgan fingerprint density at radius 3 is 0.818 bits per heavy atom. The van der Waals surface area contributed by atoms with E-state index in [0.717, 1.165) is 0 Å². The molecule has 0 spiro atoms. The van der Waals surface area contributed by atoms with Crippen LogP contribution in [0, 0.1) is 0 Å². The van der Waals surface area contributed by atoms with Gasteiger partial charge in [-0.15, -0.1) is 11.1 Å². The molecule has 0 N–H and O–H groups in total. The molecule has 0 aromatic rings. The third-order valence-electron chi connectivity index (χ3n) is 0.671. The molecule has 0 aromatic carbocycles. The molecule has 0 aliphatic heterocycles. The third-order valence-corrected chi connectivity index (χ3v) is 0.671. The molecule has 0 rings (SSSR count). The maximum absolute atomic E-state index is 4.54. The van der Waals surface area contributed by atoms with Gasteiger partial charge in [0.15, 0.2) is 0 Å². The Kier molecular flexibility index (Phi) is 11.3. The van der Waals surface area contributed by atoms with Gasteiger partial charge in [0.1, 0.15) is 0 Å². The van der Waals surface area contributed by atoms with Crippen LogP contribution in [0.5, 0.6) is 0 Å². The van der Waals surface area contributed by atoms with Crippen molar-refractivity contribution in [2.75, 3.05) is 0 Å². The standard InChI is InChI=1S/C8H18N.2Y/c1-7(2,3)9-8(4,5)6;;/h1-6H3;;/q-1;;. The molecular weight excluding hydrogens is 288 g/mol. The van der Waals surface area contributed by atoms with Crippen LogP contribution < -0.4 is 0 Å². The Morgan fingerprint density at radius 1 is 0.636 bits per heavy atom. The van der Waals surface area contributed by atoms with E-state index < -0.39 is 0 Å². The van der Waals surface area contributed by atoms with Crippen molar-refractivity contribution in [2.45, 2.75) is 52.6 Å². The Hall–Kier alpha value is 2.17. The second-order valence-corrected chi connectivity index (χ2v) is 4.45. The van der Waals surface area contributed by atoms with Crippen LogP contribution in [0.25, 0.3) is 5.32 Å². The maximum Gasteiger partial charge on any atom is 0 e. The van der Waals surface area contributed by atoms with Crippen molar-refractivity contribution in [1.82, 2.24) is 0 Å². The molecular formula is C8H18NY2-. The molecule has 0 fully saturated rings. The molecule has 0 aromatic heterocycles. The van der Waals surface area contributed by atoms with E-state index in [1.807, 2.05) is 0 Å². The predicted octanol–water partition coefficient (Wildman–Crippen LogP) is 2.95. The van der Waals surface area contributed by atoms with Crippen molar-refractivity contribution in [3.8, 4) is 0 Å². The second-order valence-electron chi connectivity index (χ2n) is 4.45. The number of hydrogen-bond donors (Lipinski definition) is 0. The third kappa shape index (κ3) is 18.9. The van der Waals surface area contributed by atoms with Gasteiger partial charge in [0.2, 0.25) is 0 Å². The van der Waals surface area contributed by atoms with E-state index in [4.69, 9.17) is 0 Å². The van der Waals surface area contributed by atoms with Gasteiger partial charge in [-0.3, -0.25) is 0 Å². The summed E-state index contributed by atoms with van der Waals surface area (Å²) in [7, 11) is 0. The number of rotatable bonds is 0. The Morgan fingerprint density at radius 2 is 0.818 bits per heavy atom. The van der Waals surface area contributed by atoms with E-state index in [9.17, 15) is 0 Å². The van der Waals surface area contributed by atoms with Crippen LogP contribution in [-0.4, -0.2) is 11.1 Å². The molecule has 0 amide bonds. The van der Waals surface area contributed by atoms with Gasteiger partial charge in [-0.2, -0.15) is 0 Å². The summed E-state index contributed by atoms with van der Waals surface area (Å²) < 4.78 is 0. The first kappa shape index (κ1) is 18.9. The molecule has 62 valence electrons. The zero-order valence-corrected chi connectivity index (χ0v) is 14.3. The van der Waals surface area contributed by atoms with E-state index in [-0.39, 0.29) is 76.5 Å². The molecule has 1 nitrogen and oxygen atoms in total. The number of nitrogens with zero attached hydrogens (tertiary/aromatic N) is 1. The Bertz CT molecular complexity index is 77.2. The smallest absolute Gasteiger partial charge is 0 e. The van der Waals surface area contributed by atoms with Gasteiger partial charge in [-0.05, 0) is 0 Å². The van der Waals surface area contributed by atoms with Crippen molar-refractivity contribution in [2.24, 2.45) is 0 Å². The maximum atomic E-state index is 4.54. The normalized spacial score (nSPS) is 11.5. The fourth-order valence-electron chi connectivity index (χ4n) is 1.01. The largest absolute Gasteiger partial charge is 0.653 e. The quantitative estimate of drug-likeness (QED) is 0.653. The fourth-order valence-corrected chi connectivity index (χ4v) is 1.01. The molecule has 0 aliphatic rings. The van der Waals surface area contributed by atoms with Crippen molar-refractivity contribution >= 4 is 0 Å². The monoisotopic (exact) mass is 306 g/mol. The minimum atomic E-state index is 0. The summed E-state index contributed by atoms with van der Waals surface area (Å²) in [6, 6.07) is 0. The van der Waals surface area contributed by atoms with Gasteiger partial charge >= 0.3 is 0 Å². The SMILES string of the molecule is CC(C)(C)[N-]C(C)(C)C.[Y].[Y]. The second kappa shape index (κ2) is 6.60. The van der Waals surface area contributed by atoms with Crippen LogP contribution in [0.1, 0.15) is 41.5 Å². The van der Waals surface area contributed by atoms with Gasteiger partial charge in [-0.25, -0.2) is 0 Å². The van der Waals surface area contributed by atoms with E-state index in [2.05, 4.69) is 46.9 Å². The van der Waals surface area contributed by atoms with E-state index in [1.165, 1.54) is 0 Å². The van der Waals surface area contributed by atoms with Gasteiger partial charge < -0.3 is 5.32 Å². The minimum absolute atomic E-state index is 0. The molecule has 0 aliphatic carbocycles. The fraction of sp³-hybridized carbons (Fsp3) is 1.00. The summed E-state index contributed by atoms with van der Waals surface area (Å²) in [6.07, 6.45) is 0. The summed E-state index contributed by atoms with van der Waals surface area (Å²) in [5.74, 6) is 0. The summed E-state index contributed by atoms with van der Waals surface area (Å²) in [6.45, 7) is 12.7. The zero-order chi connectivity index (χ0) is 7.71. The predicted molar refractivity (Wildman–Crippen MR) is 42.9 cm³/mol. The average Bonchev–Trinajstić information content (AvgIpc) is 1.14. The first-order chi connectivity index (χ1) is 3.71. The summed E-state index contributed by atoms with van der Waals surface area (Å²) in [4.78, 5) is 0. The summed E-state index contributed by atoms with van der Waals surface area (Å²) in [5, 5.41) is 4.54. The minimum Gasteiger partial charge on any atom is -0.653 e. The average molecular weight is 306 g/mol. The van der Waals surface area contributed by atoms with E-state index in [0.29, 0.717) is 0 Å². The molecule has 0 atom stereocenters. The van der Waals surface area contributed by atoms with Crippen LogP contribution in [0.4, 0.5) is 0 Å². The Balaban J connectivity index is -0.000000320. The van der Waals surface area contributed by atoms with Crippen molar-refractivity contribution < 1.29 is 65.4 Å². The molecule has 0 unspecified atom stereocenters. The summed E-state index contributed by atoms with van der Waals surface area (Å²) in [5.41, 5.74) is 0.219. The first-order valence-electron chi connectivity index (χ1n) is 3.45. The van der Waals surface area contributed by atoms with Crippen LogP contribution in [0.3, 0.4) is 0 Å². The van der Waals surface area contributed by atoms with Crippen LogP contribution >= 0.6 is 0 Å². The van der Waals surface area contributed by atoms with Crippen LogP contribution in [0.2, 0.25) is 0 Å². The van der Waals surface area contributed by atoms with Crippen molar-refractivity contribution in [3.05, 3.63) is 5.32 Å². The van der Waals surface area contributed by atoms with Gasteiger partial charge in [0.25, 0.3) is 0 Å². The zero-order valence-electron chi connectivity index (χ0n) is 8.60. The molecule has 0 heterocycles. The van der Waals surface area contributed by atoms with E-state index >= 15 is 0 Å². The van der Waals surface area contributed by atoms with Gasteiger partial charge in [-0.1, -0.05) is 41.5 Å². The van der Waals surface area contributed by atoms with Gasteiger partial charge in [0.05, 0.1) is 0 Å². The van der Waals surface area contributed by atoms with Crippen molar-refractivity contribution in [3.63, 3.8) is 0 Å². The Labute approximate surface area is 122 Å². The van der Waals surface area contributed by atoms with Gasteiger partial charge in [0, 0.05) is 65.4 Å². The van der Waals surface area contributed by atoms with Crippen molar-refractivity contribution in [1.29, 1.82) is 0 Å². The summed E-state index contributed by atoms with van der Waals surface area (Å²) >= 11 is 0. The molecule has 0 saturated heterocycles. The number of hydrogen-bond acceptors (Lipinski definition) is 0. The molecule has 0 saturated carbocycles. The van der Waals surface area contributed by atoms with E-state index in [1.54, 1.807) is 0 Å². The molecule has 11 heavy (non-hydrogen) atoms. The first-order valence-corrected chi connectivity index (χ1v) is 3.45. The van der Waals surface area contributed by atoms with Crippen LogP contribution in [-0.2, 0) is 65.4 Å². The van der Waals surface area contributed by atoms with Crippen LogP contribution in [0.15, 0.2) is 0 Å². The topological polar surface area (TPSA) is 14.1 Å². The molecule has 3 heteroatoms.